The molecule has 0 radical (unpaired) electrons. The van der Waals surface area contributed by atoms with Crippen molar-refractivity contribution >= 4 is 21.6 Å². The number of hydrogen-bond acceptors (Lipinski definition) is 5. The third kappa shape index (κ3) is 3.69. The van der Waals surface area contributed by atoms with Gasteiger partial charge in [0.25, 0.3) is 0 Å². The second-order valence-electron chi connectivity index (χ2n) is 3.00. The first-order chi connectivity index (χ1) is 7.45. The monoisotopic (exact) mass is 266 g/mol. The van der Waals surface area contributed by atoms with Crippen LogP contribution < -0.4 is 4.72 Å². The molecule has 1 heterocycles. The highest BCUT2D eigenvalue weighted by Gasteiger charge is 2.15. The summed E-state index contributed by atoms with van der Waals surface area (Å²) in [6.45, 7) is -0.775. The van der Waals surface area contributed by atoms with Crippen molar-refractivity contribution in [1.29, 1.82) is 0 Å². The van der Waals surface area contributed by atoms with Crippen LogP contribution in [-0.4, -0.2) is 42.9 Å². The van der Waals surface area contributed by atoms with E-state index in [4.69, 9.17) is 21.8 Å². The molecule has 0 saturated heterocycles. The normalized spacial score (nSPS) is 13.7. The molecule has 8 heteroatoms. The van der Waals surface area contributed by atoms with Gasteiger partial charge in [0.1, 0.15) is 10.0 Å². The molecule has 1 aromatic heterocycles. The Hall–Kier alpha value is -0.730. The molecule has 0 aliphatic heterocycles. The van der Waals surface area contributed by atoms with E-state index in [-0.39, 0.29) is 16.6 Å². The fraction of sp³-hybridized carbons (Fsp3) is 0.375. The molecule has 0 spiro atoms. The average Bonchev–Trinajstić information content (AvgIpc) is 2.26. The van der Waals surface area contributed by atoms with Crippen LogP contribution in [0, 0.1) is 0 Å². The van der Waals surface area contributed by atoms with Gasteiger partial charge in [0.2, 0.25) is 10.0 Å². The lowest BCUT2D eigenvalue weighted by Crippen LogP contribution is -2.33. The van der Waals surface area contributed by atoms with Gasteiger partial charge in [0.05, 0.1) is 12.7 Å². The van der Waals surface area contributed by atoms with Crippen LogP contribution in [0.1, 0.15) is 0 Å². The van der Waals surface area contributed by atoms with Crippen LogP contribution in [0.25, 0.3) is 0 Å². The van der Waals surface area contributed by atoms with E-state index in [1.165, 1.54) is 12.1 Å². The fourth-order valence-electron chi connectivity index (χ4n) is 0.875. The Bertz CT molecular complexity index is 434. The minimum absolute atomic E-state index is 0.0537. The van der Waals surface area contributed by atoms with Gasteiger partial charge >= 0.3 is 0 Å². The number of nitrogens with zero attached hydrogens (tertiary/aromatic N) is 1. The fourth-order valence-corrected chi connectivity index (χ4v) is 2.00. The second kappa shape index (κ2) is 5.55. The number of halogens is 1. The zero-order valence-corrected chi connectivity index (χ0v) is 9.74. The molecule has 90 valence electrons. The van der Waals surface area contributed by atoms with E-state index in [1.807, 2.05) is 0 Å². The Labute approximate surface area is 97.9 Å². The maximum absolute atomic E-state index is 11.6. The minimum Gasteiger partial charge on any atom is -0.394 e. The Morgan fingerprint density at radius 3 is 2.69 bits per heavy atom. The van der Waals surface area contributed by atoms with Gasteiger partial charge in [-0.05, 0) is 12.1 Å². The highest BCUT2D eigenvalue weighted by molar-refractivity contribution is 7.89. The SMILES string of the molecule is O=S(=O)(NCC(O)CO)c1ccc(Cl)nc1. The molecule has 1 rings (SSSR count). The Balaban J connectivity index is 2.74. The lowest BCUT2D eigenvalue weighted by atomic mass is 10.4. The van der Waals surface area contributed by atoms with Gasteiger partial charge in [-0.3, -0.25) is 0 Å². The number of sulfonamides is 1. The van der Waals surface area contributed by atoms with Gasteiger partial charge < -0.3 is 10.2 Å². The van der Waals surface area contributed by atoms with Crippen molar-refractivity contribution in [3.8, 4) is 0 Å². The summed E-state index contributed by atoms with van der Waals surface area (Å²) in [6, 6.07) is 2.64. The minimum atomic E-state index is -3.72. The van der Waals surface area contributed by atoms with Crippen molar-refractivity contribution in [3.63, 3.8) is 0 Å². The number of aromatic nitrogens is 1. The van der Waals surface area contributed by atoms with Gasteiger partial charge in [0, 0.05) is 12.7 Å². The van der Waals surface area contributed by atoms with Crippen LogP contribution >= 0.6 is 11.6 Å². The second-order valence-corrected chi connectivity index (χ2v) is 5.16. The summed E-state index contributed by atoms with van der Waals surface area (Å²) in [5.41, 5.74) is 0. The molecule has 0 aromatic carbocycles. The molecule has 0 bridgehead atoms. The molecular formula is C8H11ClN2O4S. The predicted octanol–water partition coefficient (Wildman–Crippen LogP) is -0.634. The van der Waals surface area contributed by atoms with Crippen LogP contribution in [-0.2, 0) is 10.0 Å². The van der Waals surface area contributed by atoms with Crippen molar-refractivity contribution in [1.82, 2.24) is 9.71 Å². The summed E-state index contributed by atoms with van der Waals surface area (Å²) in [5, 5.41) is 17.7. The van der Waals surface area contributed by atoms with Crippen LogP contribution in [0.4, 0.5) is 0 Å². The van der Waals surface area contributed by atoms with Gasteiger partial charge in [-0.2, -0.15) is 0 Å². The van der Waals surface area contributed by atoms with E-state index in [9.17, 15) is 8.42 Å². The van der Waals surface area contributed by atoms with Gasteiger partial charge in [0.15, 0.2) is 0 Å². The highest BCUT2D eigenvalue weighted by Crippen LogP contribution is 2.10. The summed E-state index contributed by atoms with van der Waals surface area (Å²) in [5.74, 6) is 0. The van der Waals surface area contributed by atoms with Gasteiger partial charge in [-0.25, -0.2) is 18.1 Å². The molecule has 0 aliphatic rings. The van der Waals surface area contributed by atoms with Crippen LogP contribution in [0.2, 0.25) is 5.15 Å². The molecule has 1 aromatic rings. The van der Waals surface area contributed by atoms with Gasteiger partial charge in [-0.15, -0.1) is 0 Å². The van der Waals surface area contributed by atoms with E-state index in [1.54, 1.807) is 0 Å². The maximum Gasteiger partial charge on any atom is 0.242 e. The Kier molecular flexibility index (Phi) is 4.63. The molecule has 0 fully saturated rings. The van der Waals surface area contributed by atoms with Crippen LogP contribution in [0.3, 0.4) is 0 Å². The summed E-state index contributed by atoms with van der Waals surface area (Å²) in [7, 11) is -3.72. The Morgan fingerprint density at radius 2 is 2.19 bits per heavy atom. The van der Waals surface area contributed by atoms with Crippen LogP contribution in [0.5, 0.6) is 0 Å². The highest BCUT2D eigenvalue weighted by atomic mass is 35.5. The molecule has 3 N–H and O–H groups in total. The molecule has 0 aliphatic carbocycles. The van der Waals surface area contributed by atoms with Crippen molar-refractivity contribution in [2.24, 2.45) is 0 Å². The molecule has 6 nitrogen and oxygen atoms in total. The lowest BCUT2D eigenvalue weighted by Gasteiger charge is -2.09. The summed E-state index contributed by atoms with van der Waals surface area (Å²) >= 11 is 5.51. The van der Waals surface area contributed by atoms with E-state index in [0.29, 0.717) is 0 Å². The summed E-state index contributed by atoms with van der Waals surface area (Å²) in [4.78, 5) is 3.57. The molecule has 0 amide bonds. The van der Waals surface area contributed by atoms with Crippen molar-refractivity contribution in [2.45, 2.75) is 11.0 Å². The molecular weight excluding hydrogens is 256 g/mol. The zero-order chi connectivity index (χ0) is 12.2. The quantitative estimate of drug-likeness (QED) is 0.616. The average molecular weight is 267 g/mol. The third-order valence-corrected chi connectivity index (χ3v) is 3.36. The molecule has 16 heavy (non-hydrogen) atoms. The van der Waals surface area contributed by atoms with E-state index in [2.05, 4.69) is 9.71 Å². The first-order valence-electron chi connectivity index (χ1n) is 4.36. The van der Waals surface area contributed by atoms with E-state index in [0.717, 1.165) is 6.20 Å². The number of aliphatic hydroxyl groups is 2. The maximum atomic E-state index is 11.6. The molecule has 1 atom stereocenters. The Morgan fingerprint density at radius 1 is 1.50 bits per heavy atom. The third-order valence-electron chi connectivity index (χ3n) is 1.73. The first kappa shape index (κ1) is 13.3. The topological polar surface area (TPSA) is 99.5 Å². The number of pyridine rings is 1. The number of aliphatic hydroxyl groups excluding tert-OH is 2. The first-order valence-corrected chi connectivity index (χ1v) is 6.22. The molecule has 1 unspecified atom stereocenters. The predicted molar refractivity (Wildman–Crippen MR) is 57.5 cm³/mol. The van der Waals surface area contributed by atoms with Gasteiger partial charge in [-0.1, -0.05) is 11.6 Å². The van der Waals surface area contributed by atoms with Crippen molar-refractivity contribution in [3.05, 3.63) is 23.5 Å². The number of rotatable bonds is 5. The van der Waals surface area contributed by atoms with E-state index >= 15 is 0 Å². The van der Waals surface area contributed by atoms with Crippen molar-refractivity contribution < 1.29 is 18.6 Å². The zero-order valence-electron chi connectivity index (χ0n) is 8.17. The largest absolute Gasteiger partial charge is 0.394 e. The van der Waals surface area contributed by atoms with Crippen molar-refractivity contribution in [2.75, 3.05) is 13.2 Å². The standard InChI is InChI=1S/C8H11ClN2O4S/c9-8-2-1-7(4-10-8)16(14,15)11-3-6(13)5-12/h1-2,4,6,11-13H,3,5H2. The van der Waals surface area contributed by atoms with Crippen LogP contribution in [0.15, 0.2) is 23.2 Å². The number of nitrogens with one attached hydrogen (secondary N) is 1. The van der Waals surface area contributed by atoms with E-state index < -0.39 is 22.7 Å². The smallest absolute Gasteiger partial charge is 0.242 e. The molecule has 0 saturated carbocycles. The summed E-state index contributed by atoms with van der Waals surface area (Å²) < 4.78 is 25.3. The number of hydrogen-bond donors (Lipinski definition) is 3. The summed E-state index contributed by atoms with van der Waals surface area (Å²) in [6.07, 6.45) is -0.0225. The lowest BCUT2D eigenvalue weighted by molar-refractivity contribution is 0.0988.